The number of rotatable bonds is 6. The van der Waals surface area contributed by atoms with Crippen LogP contribution in [0.2, 0.25) is 0 Å². The summed E-state index contributed by atoms with van der Waals surface area (Å²) in [5, 5.41) is 3.37. The van der Waals surface area contributed by atoms with Gasteiger partial charge < -0.3 is 14.1 Å². The Balaban J connectivity index is 0.968. The van der Waals surface area contributed by atoms with Crippen molar-refractivity contribution < 1.29 is 9.15 Å². The SMILES string of the molecule is CN1C(C2=CC3Oc4ccccc4C3C=C2)=NC(Cc2ccccc2)=NC1c1cccc2oc3c(C4=CCC(c5cccc6ncccc56)C=C4)cccc3c12. The lowest BCUT2D eigenvalue weighted by Crippen LogP contribution is -2.37. The number of ether oxygens (including phenoxy) is 1. The van der Waals surface area contributed by atoms with Crippen LogP contribution in [0.3, 0.4) is 0 Å². The highest BCUT2D eigenvalue weighted by Crippen LogP contribution is 2.44. The summed E-state index contributed by atoms with van der Waals surface area (Å²) in [5.74, 6) is 3.09. The van der Waals surface area contributed by atoms with E-state index in [1.165, 1.54) is 27.6 Å². The second kappa shape index (κ2) is 13.2. The smallest absolute Gasteiger partial charge is 0.150 e. The van der Waals surface area contributed by atoms with Gasteiger partial charge in [0, 0.05) is 69.9 Å². The zero-order valence-electron chi connectivity index (χ0n) is 30.9. The molecule has 4 unspecified atom stereocenters. The van der Waals surface area contributed by atoms with Crippen molar-refractivity contribution in [3.05, 3.63) is 197 Å². The molecule has 0 amide bonds. The van der Waals surface area contributed by atoms with Crippen LogP contribution in [-0.4, -0.2) is 34.7 Å². The van der Waals surface area contributed by atoms with Gasteiger partial charge in [-0.2, -0.15) is 0 Å². The molecule has 6 nitrogen and oxygen atoms in total. The number of nitrogens with zero attached hydrogens (tertiary/aromatic N) is 4. The predicted octanol–water partition coefficient (Wildman–Crippen LogP) is 11.3. The average Bonchev–Trinajstić information content (AvgIpc) is 3.83. The van der Waals surface area contributed by atoms with Crippen LogP contribution < -0.4 is 4.74 Å². The molecule has 2 aromatic heterocycles. The molecule has 11 rings (SSSR count). The van der Waals surface area contributed by atoms with Gasteiger partial charge in [0.15, 0.2) is 6.17 Å². The molecule has 5 aromatic carbocycles. The maximum Gasteiger partial charge on any atom is 0.150 e. The molecule has 0 saturated heterocycles. The van der Waals surface area contributed by atoms with E-state index in [0.29, 0.717) is 6.42 Å². The van der Waals surface area contributed by atoms with E-state index in [9.17, 15) is 0 Å². The first-order chi connectivity index (χ1) is 27.7. The lowest BCUT2D eigenvalue weighted by atomic mass is 9.86. The number of aromatic nitrogens is 1. The van der Waals surface area contributed by atoms with Crippen molar-refractivity contribution in [2.24, 2.45) is 9.98 Å². The number of fused-ring (bicyclic) bond motifs is 7. The highest BCUT2D eigenvalue weighted by molar-refractivity contribution is 6.12. The molecular formula is C50H38N4O2. The number of para-hydroxylation sites is 2. The monoisotopic (exact) mass is 726 g/mol. The number of furan rings is 1. The normalized spacial score (nSPS) is 21.3. The summed E-state index contributed by atoms with van der Waals surface area (Å²) >= 11 is 0. The number of pyridine rings is 1. The predicted molar refractivity (Wildman–Crippen MR) is 226 cm³/mol. The van der Waals surface area contributed by atoms with Gasteiger partial charge in [-0.1, -0.05) is 127 Å². The van der Waals surface area contributed by atoms with Gasteiger partial charge in [0.2, 0.25) is 0 Å². The summed E-state index contributed by atoms with van der Waals surface area (Å²) in [6.45, 7) is 0. The van der Waals surface area contributed by atoms with Crippen molar-refractivity contribution in [1.29, 1.82) is 0 Å². The maximum atomic E-state index is 6.80. The summed E-state index contributed by atoms with van der Waals surface area (Å²) in [6.07, 6.45) is 16.6. The molecule has 2 aliphatic carbocycles. The number of amidine groups is 2. The van der Waals surface area contributed by atoms with E-state index < -0.39 is 0 Å². The number of aliphatic imine (C=N–C) groups is 2. The average molecular weight is 727 g/mol. The van der Waals surface area contributed by atoms with Gasteiger partial charge in [-0.25, -0.2) is 9.98 Å². The van der Waals surface area contributed by atoms with Gasteiger partial charge >= 0.3 is 0 Å². The first-order valence-electron chi connectivity index (χ1n) is 19.4. The van der Waals surface area contributed by atoms with E-state index in [1.807, 2.05) is 24.4 Å². The lowest BCUT2D eigenvalue weighted by molar-refractivity contribution is 0.268. The van der Waals surface area contributed by atoms with Crippen molar-refractivity contribution in [2.45, 2.75) is 36.9 Å². The van der Waals surface area contributed by atoms with Crippen LogP contribution in [0.1, 0.15) is 52.2 Å². The van der Waals surface area contributed by atoms with Gasteiger partial charge in [0.1, 0.15) is 34.7 Å². The Morgan fingerprint density at radius 2 is 1.54 bits per heavy atom. The summed E-state index contributed by atoms with van der Waals surface area (Å²) in [4.78, 5) is 17.4. The van der Waals surface area contributed by atoms with Gasteiger partial charge in [-0.05, 0) is 53.5 Å². The fraction of sp³-hybridized carbons (Fsp3) is 0.140. The largest absolute Gasteiger partial charge is 0.485 e. The fourth-order valence-corrected chi connectivity index (χ4v) is 9.00. The summed E-state index contributed by atoms with van der Waals surface area (Å²) in [6, 6.07) is 42.3. The van der Waals surface area contributed by atoms with Crippen LogP contribution in [0.15, 0.2) is 184 Å². The summed E-state index contributed by atoms with van der Waals surface area (Å²) in [5.41, 5.74) is 10.9. The second-order valence-corrected chi connectivity index (χ2v) is 15.0. The summed E-state index contributed by atoms with van der Waals surface area (Å²) in [7, 11) is 2.10. The minimum atomic E-state index is -0.326. The van der Waals surface area contributed by atoms with E-state index in [2.05, 4.69) is 157 Å². The Hall–Kier alpha value is -6.79. The van der Waals surface area contributed by atoms with Crippen LogP contribution >= 0.6 is 0 Å². The molecule has 6 heteroatoms. The van der Waals surface area contributed by atoms with Crippen LogP contribution in [0.5, 0.6) is 5.75 Å². The van der Waals surface area contributed by atoms with E-state index >= 15 is 0 Å². The molecule has 0 bridgehead atoms. The molecule has 0 fully saturated rings. The van der Waals surface area contributed by atoms with Gasteiger partial charge in [-0.15, -0.1) is 0 Å². The molecule has 4 heterocycles. The molecule has 4 aliphatic rings. The Labute approximate surface area is 325 Å². The van der Waals surface area contributed by atoms with Crippen LogP contribution in [0, 0.1) is 0 Å². The Morgan fingerprint density at radius 3 is 2.45 bits per heavy atom. The molecule has 0 N–H and O–H groups in total. The van der Waals surface area contributed by atoms with Gasteiger partial charge in [0.25, 0.3) is 0 Å². The molecule has 0 radical (unpaired) electrons. The third kappa shape index (κ3) is 5.43. The third-order valence-electron chi connectivity index (χ3n) is 11.7. The maximum absolute atomic E-state index is 6.80. The summed E-state index contributed by atoms with van der Waals surface area (Å²) < 4.78 is 13.2. The lowest BCUT2D eigenvalue weighted by Gasteiger charge is -2.34. The number of likely N-dealkylation sites (N-methyl/N-ethyl adjacent to an activating group) is 1. The number of benzene rings is 5. The standard InChI is InChI=1S/C50H38N4O2/c1-54-49(34-26-27-39-38-13-5-6-20-43(38)55-45(39)30-34)52-46(29-31-11-3-2-4-12-31)53-50(54)41-17-9-21-44-47(41)40-16-7-15-36(48(40)56-44)33-24-22-32(23-25-33)35-14-8-19-42-37(35)18-10-28-51-42/h2-22,24-28,30,32,39,45,50H,23,29H2,1H3. The number of allylic oxidation sites excluding steroid dienone is 4. The number of hydrogen-bond donors (Lipinski definition) is 0. The number of hydrogen-bond acceptors (Lipinski definition) is 6. The highest BCUT2D eigenvalue weighted by atomic mass is 16.5. The van der Waals surface area contributed by atoms with Crippen molar-refractivity contribution in [1.82, 2.24) is 9.88 Å². The Bertz CT molecular complexity index is 2890. The quantitative estimate of drug-likeness (QED) is 0.171. The zero-order chi connectivity index (χ0) is 37.2. The Kier molecular flexibility index (Phi) is 7.69. The van der Waals surface area contributed by atoms with E-state index in [0.717, 1.165) is 68.0 Å². The molecule has 0 saturated carbocycles. The minimum Gasteiger partial charge on any atom is -0.485 e. The van der Waals surface area contributed by atoms with E-state index in [-0.39, 0.29) is 24.1 Å². The van der Waals surface area contributed by atoms with Crippen molar-refractivity contribution in [3.63, 3.8) is 0 Å². The molecule has 56 heavy (non-hydrogen) atoms. The van der Waals surface area contributed by atoms with E-state index in [1.54, 1.807) is 0 Å². The molecule has 4 atom stereocenters. The van der Waals surface area contributed by atoms with Crippen LogP contribution in [0.25, 0.3) is 38.4 Å². The second-order valence-electron chi connectivity index (χ2n) is 15.0. The van der Waals surface area contributed by atoms with Crippen LogP contribution in [-0.2, 0) is 6.42 Å². The van der Waals surface area contributed by atoms with Crippen LogP contribution in [0.4, 0.5) is 0 Å². The first-order valence-corrected chi connectivity index (χ1v) is 19.4. The zero-order valence-corrected chi connectivity index (χ0v) is 30.9. The van der Waals surface area contributed by atoms with Crippen molar-refractivity contribution in [2.75, 3.05) is 7.05 Å². The van der Waals surface area contributed by atoms with Gasteiger partial charge in [0.05, 0.1) is 5.52 Å². The molecule has 0 spiro atoms. The third-order valence-corrected chi connectivity index (χ3v) is 11.7. The fourth-order valence-electron chi connectivity index (χ4n) is 9.00. The van der Waals surface area contributed by atoms with Gasteiger partial charge in [-0.3, -0.25) is 4.98 Å². The van der Waals surface area contributed by atoms with E-state index in [4.69, 9.17) is 19.1 Å². The molecule has 270 valence electrons. The highest BCUT2D eigenvalue weighted by Gasteiger charge is 2.36. The first kappa shape index (κ1) is 32.6. The topological polar surface area (TPSA) is 63.2 Å². The Morgan fingerprint density at radius 1 is 0.732 bits per heavy atom. The minimum absolute atomic E-state index is 0.0828. The van der Waals surface area contributed by atoms with Crippen molar-refractivity contribution in [3.8, 4) is 5.75 Å². The molecule has 2 aliphatic heterocycles. The molecular weight excluding hydrogens is 689 g/mol. The van der Waals surface area contributed by atoms with Crippen molar-refractivity contribution >= 4 is 50.1 Å². The molecule has 7 aromatic rings.